The van der Waals surface area contributed by atoms with Gasteiger partial charge in [-0.2, -0.15) is 0 Å². The highest BCUT2D eigenvalue weighted by Crippen LogP contribution is 2.38. The van der Waals surface area contributed by atoms with Gasteiger partial charge in [0.2, 0.25) is 10.0 Å². The molecule has 3 rings (SSSR count). The van der Waals surface area contributed by atoms with Crippen LogP contribution in [0.1, 0.15) is 32.1 Å². The summed E-state index contributed by atoms with van der Waals surface area (Å²) in [5, 5.41) is 3.50. The van der Waals surface area contributed by atoms with Gasteiger partial charge in [-0.3, -0.25) is 0 Å². The number of rotatable bonds is 3. The van der Waals surface area contributed by atoms with Crippen molar-refractivity contribution in [2.24, 2.45) is 0 Å². The molecule has 1 saturated carbocycles. The molecule has 1 spiro atoms. The van der Waals surface area contributed by atoms with E-state index in [0.29, 0.717) is 0 Å². The number of sulfonamides is 1. The van der Waals surface area contributed by atoms with Crippen LogP contribution in [-0.4, -0.2) is 26.5 Å². The summed E-state index contributed by atoms with van der Waals surface area (Å²) in [6.07, 6.45) is 4.99. The summed E-state index contributed by atoms with van der Waals surface area (Å²) in [7, 11) is -3.67. The number of halogens is 2. The largest absolute Gasteiger partial charge is 0.311 e. The zero-order valence-electron chi connectivity index (χ0n) is 11.5. The van der Waals surface area contributed by atoms with Crippen LogP contribution in [0.4, 0.5) is 4.39 Å². The van der Waals surface area contributed by atoms with E-state index < -0.39 is 15.8 Å². The van der Waals surface area contributed by atoms with E-state index in [2.05, 4.69) is 26.0 Å². The van der Waals surface area contributed by atoms with Gasteiger partial charge in [0.25, 0.3) is 0 Å². The number of hydrogen-bond acceptors (Lipinski definition) is 3. The maximum absolute atomic E-state index is 13.5. The third kappa shape index (κ3) is 3.16. The molecule has 1 aliphatic heterocycles. The van der Waals surface area contributed by atoms with E-state index in [0.717, 1.165) is 38.3 Å². The summed E-state index contributed by atoms with van der Waals surface area (Å²) in [6, 6.07) is 3.80. The molecule has 0 bridgehead atoms. The van der Waals surface area contributed by atoms with Crippen LogP contribution in [0, 0.1) is 5.82 Å². The predicted molar refractivity (Wildman–Crippen MR) is 82.0 cm³/mol. The molecule has 0 aromatic heterocycles. The molecule has 1 saturated heterocycles. The first kappa shape index (κ1) is 15.4. The summed E-state index contributed by atoms with van der Waals surface area (Å²) in [5.41, 5.74) is 0.121. The SMILES string of the molecule is O=S(=O)(NC1CCNC2(CCC2)C1)c1ccc(Br)c(F)c1. The van der Waals surface area contributed by atoms with E-state index in [1.54, 1.807) is 0 Å². The highest BCUT2D eigenvalue weighted by Gasteiger charge is 2.41. The molecule has 2 N–H and O–H groups in total. The van der Waals surface area contributed by atoms with Crippen molar-refractivity contribution in [2.45, 2.75) is 48.6 Å². The Morgan fingerprint density at radius 3 is 2.76 bits per heavy atom. The fourth-order valence-corrected chi connectivity index (χ4v) is 4.70. The van der Waals surface area contributed by atoms with Crippen molar-refractivity contribution in [3.05, 3.63) is 28.5 Å². The van der Waals surface area contributed by atoms with Crippen molar-refractivity contribution < 1.29 is 12.8 Å². The summed E-state index contributed by atoms with van der Waals surface area (Å²) in [5.74, 6) is -0.571. The van der Waals surface area contributed by atoms with Crippen LogP contribution in [0.3, 0.4) is 0 Å². The smallest absolute Gasteiger partial charge is 0.240 e. The predicted octanol–water partition coefficient (Wildman–Crippen LogP) is 2.54. The molecule has 1 unspecified atom stereocenters. The lowest BCUT2D eigenvalue weighted by Crippen LogP contribution is -2.59. The third-order valence-corrected chi connectivity index (χ3v) is 6.63. The topological polar surface area (TPSA) is 58.2 Å². The Labute approximate surface area is 132 Å². The van der Waals surface area contributed by atoms with Gasteiger partial charge in [0, 0.05) is 11.6 Å². The summed E-state index contributed by atoms with van der Waals surface area (Å²) in [6.45, 7) is 0.821. The fourth-order valence-electron chi connectivity index (χ4n) is 3.17. The molecule has 2 fully saturated rings. The highest BCUT2D eigenvalue weighted by atomic mass is 79.9. The summed E-state index contributed by atoms with van der Waals surface area (Å²) >= 11 is 3.03. The maximum atomic E-state index is 13.5. The van der Waals surface area contributed by atoms with E-state index in [4.69, 9.17) is 0 Å². The Bertz CT molecular complexity index is 646. The van der Waals surface area contributed by atoms with E-state index >= 15 is 0 Å². The van der Waals surface area contributed by atoms with E-state index in [1.807, 2.05) is 0 Å². The fraction of sp³-hybridized carbons (Fsp3) is 0.571. The number of benzene rings is 1. The molecule has 1 atom stereocenters. The van der Waals surface area contributed by atoms with Gasteiger partial charge in [-0.15, -0.1) is 0 Å². The Morgan fingerprint density at radius 2 is 2.14 bits per heavy atom. The van der Waals surface area contributed by atoms with Crippen LogP contribution in [-0.2, 0) is 10.0 Å². The lowest BCUT2D eigenvalue weighted by atomic mass is 9.70. The quantitative estimate of drug-likeness (QED) is 0.851. The number of nitrogens with one attached hydrogen (secondary N) is 2. The third-order valence-electron chi connectivity index (χ3n) is 4.46. The van der Waals surface area contributed by atoms with Crippen LogP contribution >= 0.6 is 15.9 Å². The van der Waals surface area contributed by atoms with E-state index in [9.17, 15) is 12.8 Å². The van der Waals surface area contributed by atoms with Crippen LogP contribution in [0.25, 0.3) is 0 Å². The monoisotopic (exact) mass is 376 g/mol. The van der Waals surface area contributed by atoms with Gasteiger partial charge in [0.05, 0.1) is 9.37 Å². The van der Waals surface area contributed by atoms with Gasteiger partial charge in [-0.05, 0) is 72.8 Å². The standard InChI is InChI=1S/C14H18BrFN2O2S/c15-12-3-2-11(8-13(12)16)21(19,20)18-10-4-7-17-14(9-10)5-1-6-14/h2-3,8,10,17-18H,1,4-7,9H2. The molecule has 7 heteroatoms. The first-order valence-corrected chi connectivity index (χ1v) is 9.40. The molecule has 1 aliphatic carbocycles. The van der Waals surface area contributed by atoms with Gasteiger partial charge in [-0.25, -0.2) is 17.5 Å². The van der Waals surface area contributed by atoms with Gasteiger partial charge >= 0.3 is 0 Å². The van der Waals surface area contributed by atoms with Crippen molar-refractivity contribution >= 4 is 26.0 Å². The molecule has 116 valence electrons. The van der Waals surface area contributed by atoms with Crippen molar-refractivity contribution in [3.63, 3.8) is 0 Å². The summed E-state index contributed by atoms with van der Waals surface area (Å²) in [4.78, 5) is -0.0237. The zero-order valence-corrected chi connectivity index (χ0v) is 13.9. The second kappa shape index (κ2) is 5.61. The van der Waals surface area contributed by atoms with Crippen LogP contribution in [0.5, 0.6) is 0 Å². The average Bonchev–Trinajstić information content (AvgIpc) is 2.40. The normalized spacial score (nSPS) is 24.8. The minimum Gasteiger partial charge on any atom is -0.311 e. The lowest BCUT2D eigenvalue weighted by Gasteiger charge is -2.48. The minimum atomic E-state index is -3.67. The molecule has 0 radical (unpaired) electrons. The van der Waals surface area contributed by atoms with Crippen LogP contribution < -0.4 is 10.0 Å². The number of piperidine rings is 1. The maximum Gasteiger partial charge on any atom is 0.240 e. The Morgan fingerprint density at radius 1 is 1.38 bits per heavy atom. The van der Waals surface area contributed by atoms with Crippen molar-refractivity contribution in [3.8, 4) is 0 Å². The Hall–Kier alpha value is -0.500. The van der Waals surface area contributed by atoms with Crippen molar-refractivity contribution in [1.29, 1.82) is 0 Å². The van der Waals surface area contributed by atoms with Gasteiger partial charge in [0.15, 0.2) is 0 Å². The summed E-state index contributed by atoms with van der Waals surface area (Å²) < 4.78 is 41.3. The van der Waals surface area contributed by atoms with Gasteiger partial charge in [-0.1, -0.05) is 0 Å². The van der Waals surface area contributed by atoms with E-state index in [-0.39, 0.29) is 20.9 Å². The Kier molecular flexibility index (Phi) is 4.11. The first-order valence-electron chi connectivity index (χ1n) is 7.13. The molecule has 4 nitrogen and oxygen atoms in total. The molecule has 21 heavy (non-hydrogen) atoms. The second-order valence-corrected chi connectivity index (χ2v) is 8.52. The molecule has 2 aliphatic rings. The van der Waals surface area contributed by atoms with Crippen molar-refractivity contribution in [1.82, 2.24) is 10.0 Å². The molecule has 1 aromatic carbocycles. The van der Waals surface area contributed by atoms with Gasteiger partial charge in [0.1, 0.15) is 5.82 Å². The zero-order chi connectivity index (χ0) is 15.1. The molecule has 0 amide bonds. The average molecular weight is 377 g/mol. The number of hydrogen-bond donors (Lipinski definition) is 2. The second-order valence-electron chi connectivity index (χ2n) is 5.95. The highest BCUT2D eigenvalue weighted by molar-refractivity contribution is 9.10. The molecule has 1 aromatic rings. The molecule has 1 heterocycles. The van der Waals surface area contributed by atoms with Crippen molar-refractivity contribution in [2.75, 3.05) is 6.54 Å². The van der Waals surface area contributed by atoms with Crippen LogP contribution in [0.2, 0.25) is 0 Å². The van der Waals surface area contributed by atoms with Gasteiger partial charge < -0.3 is 5.32 Å². The molecular weight excluding hydrogens is 359 g/mol. The Balaban J connectivity index is 1.74. The minimum absolute atomic E-state index is 0.0237. The van der Waals surface area contributed by atoms with Crippen LogP contribution in [0.15, 0.2) is 27.6 Å². The first-order chi connectivity index (χ1) is 9.90. The molecular formula is C14H18BrFN2O2S. The van der Waals surface area contributed by atoms with E-state index in [1.165, 1.54) is 18.6 Å². The lowest BCUT2D eigenvalue weighted by molar-refractivity contribution is 0.126.